The van der Waals surface area contributed by atoms with Crippen LogP contribution in [0, 0.1) is 0 Å². The maximum atomic E-state index is 12.0. The fraction of sp³-hybridized carbons (Fsp3) is 0.167. The molecule has 0 bridgehead atoms. The van der Waals surface area contributed by atoms with Gasteiger partial charge in [0.05, 0.1) is 20.4 Å². The van der Waals surface area contributed by atoms with Crippen molar-refractivity contribution in [3.8, 4) is 17.2 Å². The number of carboxylic acids is 1. The van der Waals surface area contributed by atoms with E-state index >= 15 is 0 Å². The first-order valence-electron chi connectivity index (χ1n) is 7.53. The number of rotatable bonds is 8. The zero-order chi connectivity index (χ0) is 18.9. The Hall–Kier alpha value is -3.55. The van der Waals surface area contributed by atoms with Gasteiger partial charge in [0.15, 0.2) is 18.1 Å². The molecule has 136 valence electrons. The lowest BCUT2D eigenvalue weighted by molar-refractivity contribution is -0.139. The second-order valence-electron chi connectivity index (χ2n) is 5.02. The van der Waals surface area contributed by atoms with Crippen LogP contribution in [0.1, 0.15) is 15.9 Å². The van der Waals surface area contributed by atoms with Crippen LogP contribution >= 0.6 is 0 Å². The zero-order valence-electron chi connectivity index (χ0n) is 14.3. The Morgan fingerprint density at radius 3 is 2.42 bits per heavy atom. The molecule has 0 spiro atoms. The van der Waals surface area contributed by atoms with Crippen LogP contribution < -0.4 is 19.6 Å². The summed E-state index contributed by atoms with van der Waals surface area (Å²) in [5, 5.41) is 12.5. The standard InChI is InChI=1S/C18H18N2O6/c1-24-14-6-4-13(5-7-14)18(23)20-19-10-12-3-8-15(16(9-12)25-2)26-11-17(21)22/h3-10H,11H2,1-2H3,(H,20,23)(H,21,22)/b19-10-. The molecule has 0 heterocycles. The van der Waals surface area contributed by atoms with Gasteiger partial charge in [-0.3, -0.25) is 4.79 Å². The first-order chi connectivity index (χ1) is 12.5. The van der Waals surface area contributed by atoms with Crippen LogP contribution in [-0.4, -0.2) is 44.0 Å². The number of benzene rings is 2. The molecule has 8 nitrogen and oxygen atoms in total. The first-order valence-corrected chi connectivity index (χ1v) is 7.53. The molecule has 0 aliphatic carbocycles. The van der Waals surface area contributed by atoms with E-state index in [0.29, 0.717) is 28.4 Å². The smallest absolute Gasteiger partial charge is 0.341 e. The average Bonchev–Trinajstić information content (AvgIpc) is 2.66. The molecule has 2 aromatic carbocycles. The normalized spacial score (nSPS) is 10.4. The lowest BCUT2D eigenvalue weighted by Crippen LogP contribution is -2.17. The number of hydrazone groups is 1. The molecule has 0 saturated carbocycles. The number of methoxy groups -OCH3 is 2. The molecule has 0 unspecified atom stereocenters. The lowest BCUT2D eigenvalue weighted by Gasteiger charge is -2.09. The van der Waals surface area contributed by atoms with E-state index < -0.39 is 12.6 Å². The number of carbonyl (C=O) groups excluding carboxylic acids is 1. The van der Waals surface area contributed by atoms with Crippen molar-refractivity contribution in [2.75, 3.05) is 20.8 Å². The number of hydrogen-bond acceptors (Lipinski definition) is 6. The molecule has 0 aliphatic heterocycles. The number of amides is 1. The van der Waals surface area contributed by atoms with Crippen LogP contribution in [0.25, 0.3) is 0 Å². The molecular weight excluding hydrogens is 340 g/mol. The highest BCUT2D eigenvalue weighted by molar-refractivity contribution is 5.95. The van der Waals surface area contributed by atoms with Crippen molar-refractivity contribution in [1.29, 1.82) is 0 Å². The minimum Gasteiger partial charge on any atom is -0.497 e. The van der Waals surface area contributed by atoms with Crippen molar-refractivity contribution in [2.45, 2.75) is 0 Å². The number of hydrogen-bond donors (Lipinski definition) is 2. The van der Waals surface area contributed by atoms with Gasteiger partial charge in [0.1, 0.15) is 5.75 Å². The van der Waals surface area contributed by atoms with Crippen LogP contribution in [0.3, 0.4) is 0 Å². The van der Waals surface area contributed by atoms with Crippen LogP contribution in [0.15, 0.2) is 47.6 Å². The van der Waals surface area contributed by atoms with Gasteiger partial charge in [-0.1, -0.05) is 0 Å². The third-order valence-electron chi connectivity index (χ3n) is 3.27. The predicted octanol–water partition coefficient (Wildman–Crippen LogP) is 1.93. The molecule has 0 saturated heterocycles. The molecular formula is C18H18N2O6. The van der Waals surface area contributed by atoms with Gasteiger partial charge in [0, 0.05) is 5.56 Å². The number of nitrogens with zero attached hydrogens (tertiary/aromatic N) is 1. The Bertz CT molecular complexity index is 802. The third kappa shape index (κ3) is 5.23. The third-order valence-corrected chi connectivity index (χ3v) is 3.27. The SMILES string of the molecule is COc1ccc(C(=O)N/N=C\c2ccc(OCC(=O)O)c(OC)c2)cc1. The van der Waals surface area contributed by atoms with E-state index in [1.165, 1.54) is 13.3 Å². The summed E-state index contributed by atoms with van der Waals surface area (Å²) in [7, 11) is 2.99. The van der Waals surface area contributed by atoms with E-state index in [-0.39, 0.29) is 5.91 Å². The molecule has 0 fully saturated rings. The van der Waals surface area contributed by atoms with Crippen molar-refractivity contribution >= 4 is 18.1 Å². The van der Waals surface area contributed by atoms with E-state index in [1.807, 2.05) is 0 Å². The van der Waals surface area contributed by atoms with Crippen LogP contribution in [0.5, 0.6) is 17.2 Å². The molecule has 2 rings (SSSR count). The fourth-order valence-electron chi connectivity index (χ4n) is 2.00. The van der Waals surface area contributed by atoms with E-state index in [0.717, 1.165) is 0 Å². The van der Waals surface area contributed by atoms with Gasteiger partial charge in [-0.15, -0.1) is 0 Å². The molecule has 1 amide bonds. The Morgan fingerprint density at radius 1 is 1.08 bits per heavy atom. The fourth-order valence-corrected chi connectivity index (χ4v) is 2.00. The molecule has 0 radical (unpaired) electrons. The molecule has 2 aromatic rings. The Morgan fingerprint density at radius 2 is 1.81 bits per heavy atom. The maximum absolute atomic E-state index is 12.0. The van der Waals surface area contributed by atoms with Crippen LogP contribution in [0.2, 0.25) is 0 Å². The number of ether oxygens (including phenoxy) is 3. The van der Waals surface area contributed by atoms with Gasteiger partial charge < -0.3 is 19.3 Å². The summed E-state index contributed by atoms with van der Waals surface area (Å²) in [5.74, 6) is -0.135. The predicted molar refractivity (Wildman–Crippen MR) is 94.2 cm³/mol. The Kier molecular flexibility index (Phi) is 6.55. The van der Waals surface area contributed by atoms with Crippen molar-refractivity contribution in [2.24, 2.45) is 5.10 Å². The summed E-state index contributed by atoms with van der Waals surface area (Å²) >= 11 is 0. The van der Waals surface area contributed by atoms with Crippen molar-refractivity contribution in [3.63, 3.8) is 0 Å². The maximum Gasteiger partial charge on any atom is 0.341 e. The summed E-state index contributed by atoms with van der Waals surface area (Å²) in [6.07, 6.45) is 1.44. The van der Waals surface area contributed by atoms with Gasteiger partial charge in [0.25, 0.3) is 5.91 Å². The summed E-state index contributed by atoms with van der Waals surface area (Å²) in [5.41, 5.74) is 3.50. The Balaban J connectivity index is 2.00. The van der Waals surface area contributed by atoms with E-state index in [2.05, 4.69) is 10.5 Å². The summed E-state index contributed by atoms with van der Waals surface area (Å²) in [6.45, 7) is -0.471. The summed E-state index contributed by atoms with van der Waals surface area (Å²) in [6, 6.07) is 11.4. The number of carbonyl (C=O) groups is 2. The highest BCUT2D eigenvalue weighted by Crippen LogP contribution is 2.27. The van der Waals surface area contributed by atoms with Gasteiger partial charge >= 0.3 is 5.97 Å². The quantitative estimate of drug-likeness (QED) is 0.552. The lowest BCUT2D eigenvalue weighted by atomic mass is 10.2. The second-order valence-corrected chi connectivity index (χ2v) is 5.02. The molecule has 0 aliphatic rings. The van der Waals surface area contributed by atoms with E-state index in [1.54, 1.807) is 49.6 Å². The van der Waals surface area contributed by atoms with Gasteiger partial charge in [-0.05, 0) is 48.0 Å². The van der Waals surface area contributed by atoms with Gasteiger partial charge in [0.2, 0.25) is 0 Å². The second kappa shape index (κ2) is 9.07. The van der Waals surface area contributed by atoms with E-state index in [4.69, 9.17) is 19.3 Å². The zero-order valence-corrected chi connectivity index (χ0v) is 14.3. The Labute approximate surface area is 150 Å². The molecule has 26 heavy (non-hydrogen) atoms. The van der Waals surface area contributed by atoms with Crippen LogP contribution in [-0.2, 0) is 4.79 Å². The van der Waals surface area contributed by atoms with Crippen molar-refractivity contribution in [1.82, 2.24) is 5.43 Å². The van der Waals surface area contributed by atoms with Crippen molar-refractivity contribution in [3.05, 3.63) is 53.6 Å². The van der Waals surface area contributed by atoms with Crippen molar-refractivity contribution < 1.29 is 28.9 Å². The van der Waals surface area contributed by atoms with Gasteiger partial charge in [-0.25, -0.2) is 10.2 Å². The molecule has 2 N–H and O–H groups in total. The topological polar surface area (TPSA) is 106 Å². The highest BCUT2D eigenvalue weighted by Gasteiger charge is 2.08. The highest BCUT2D eigenvalue weighted by atomic mass is 16.5. The summed E-state index contributed by atoms with van der Waals surface area (Å²) in [4.78, 5) is 22.6. The van der Waals surface area contributed by atoms with Crippen LogP contribution in [0.4, 0.5) is 0 Å². The van der Waals surface area contributed by atoms with E-state index in [9.17, 15) is 9.59 Å². The van der Waals surface area contributed by atoms with Gasteiger partial charge in [-0.2, -0.15) is 5.10 Å². The minimum absolute atomic E-state index is 0.300. The first kappa shape index (κ1) is 18.8. The molecule has 8 heteroatoms. The number of carboxylic acid groups (broad SMARTS) is 1. The summed E-state index contributed by atoms with van der Waals surface area (Å²) < 4.78 is 15.3. The number of aliphatic carboxylic acids is 1. The minimum atomic E-state index is -1.08. The largest absolute Gasteiger partial charge is 0.497 e. The monoisotopic (exact) mass is 358 g/mol. The average molecular weight is 358 g/mol. The number of nitrogens with one attached hydrogen (secondary N) is 1. The molecule has 0 aromatic heterocycles. The molecule has 0 atom stereocenters.